The van der Waals surface area contributed by atoms with Gasteiger partial charge in [0.05, 0.1) is 31.3 Å². The second-order valence-corrected chi connectivity index (χ2v) is 10.8. The second-order valence-electron chi connectivity index (χ2n) is 10.8. The van der Waals surface area contributed by atoms with Crippen molar-refractivity contribution in [2.75, 3.05) is 13.2 Å². The molecule has 1 heterocycles. The number of carbonyl (C=O) groups excluding carboxylic acids is 3. The standard InChI is InChI=1S/C28H36O10/c1-17-4-7-20-27(2,19(17)6-5-18-13-15-36-26(18)35)14-12-21(38-25(34)11-9-23(31)32)28(20,3)16-37-24(33)10-8-22(29)30/h5-6,13,19-21H,1,4,7-12,14-16H2,2-3H3,(H,29,30)(H,31,32)/b6-5+/t19-,20-,21-,27+,28+/m1/s1. The highest BCUT2D eigenvalue weighted by Gasteiger charge is 2.59. The summed E-state index contributed by atoms with van der Waals surface area (Å²) in [7, 11) is 0. The lowest BCUT2D eigenvalue weighted by Crippen LogP contribution is -2.58. The largest absolute Gasteiger partial charge is 0.481 e. The van der Waals surface area contributed by atoms with Crippen LogP contribution in [0.3, 0.4) is 0 Å². The lowest BCUT2D eigenvalue weighted by atomic mass is 9.46. The molecule has 3 rings (SSSR count). The van der Waals surface area contributed by atoms with E-state index in [9.17, 15) is 24.0 Å². The number of carboxylic acids is 2. The topological polar surface area (TPSA) is 154 Å². The Labute approximate surface area is 221 Å². The van der Waals surface area contributed by atoms with E-state index in [-0.39, 0.29) is 62.1 Å². The van der Waals surface area contributed by atoms with Crippen molar-refractivity contribution in [1.82, 2.24) is 0 Å². The molecule has 0 bridgehead atoms. The fraction of sp³-hybridized carbons (Fsp3) is 0.607. The number of rotatable bonds is 11. The predicted molar refractivity (Wildman–Crippen MR) is 134 cm³/mol. The number of ether oxygens (including phenoxy) is 3. The molecule has 10 heteroatoms. The third-order valence-electron chi connectivity index (χ3n) is 8.30. The van der Waals surface area contributed by atoms with E-state index >= 15 is 0 Å². The number of hydrogen-bond acceptors (Lipinski definition) is 8. The second kappa shape index (κ2) is 12.0. The van der Waals surface area contributed by atoms with Crippen LogP contribution in [0.15, 0.2) is 36.0 Å². The van der Waals surface area contributed by atoms with Gasteiger partial charge in [0.2, 0.25) is 0 Å². The van der Waals surface area contributed by atoms with Crippen LogP contribution in [0.2, 0.25) is 0 Å². The van der Waals surface area contributed by atoms with Crippen LogP contribution in [0, 0.1) is 22.7 Å². The van der Waals surface area contributed by atoms with Gasteiger partial charge in [-0.05, 0) is 43.1 Å². The summed E-state index contributed by atoms with van der Waals surface area (Å²) in [5.41, 5.74) is 0.328. The van der Waals surface area contributed by atoms with Gasteiger partial charge in [0.1, 0.15) is 19.3 Å². The SMILES string of the molecule is C=C1CC[C@H]2[C@](C)(COC(=O)CCC(=O)O)[C@H](OC(=O)CCC(=O)O)CC[C@@]2(C)[C@@H]1/C=C/C1=CCOC1=O. The van der Waals surface area contributed by atoms with Crippen molar-refractivity contribution in [2.24, 2.45) is 22.7 Å². The molecule has 2 fully saturated rings. The van der Waals surface area contributed by atoms with Gasteiger partial charge in [0.15, 0.2) is 0 Å². The van der Waals surface area contributed by atoms with Crippen molar-refractivity contribution in [3.8, 4) is 0 Å². The molecule has 208 valence electrons. The molecule has 1 aliphatic heterocycles. The third kappa shape index (κ3) is 6.52. The van der Waals surface area contributed by atoms with Crippen molar-refractivity contribution in [1.29, 1.82) is 0 Å². The van der Waals surface area contributed by atoms with Crippen molar-refractivity contribution in [3.63, 3.8) is 0 Å². The van der Waals surface area contributed by atoms with Crippen molar-refractivity contribution < 1.29 is 48.4 Å². The van der Waals surface area contributed by atoms with E-state index in [2.05, 4.69) is 13.5 Å². The molecule has 5 atom stereocenters. The molecule has 0 radical (unpaired) electrons. The van der Waals surface area contributed by atoms with E-state index < -0.39 is 35.4 Å². The summed E-state index contributed by atoms with van der Waals surface area (Å²) in [6.07, 6.45) is 6.10. The summed E-state index contributed by atoms with van der Waals surface area (Å²) in [6, 6.07) is 0. The summed E-state index contributed by atoms with van der Waals surface area (Å²) in [5, 5.41) is 17.8. The van der Waals surface area contributed by atoms with Crippen LogP contribution in [-0.2, 0) is 38.2 Å². The van der Waals surface area contributed by atoms with Crippen LogP contribution >= 0.6 is 0 Å². The Hall–Kier alpha value is -3.43. The Kier molecular flexibility index (Phi) is 9.17. The summed E-state index contributed by atoms with van der Waals surface area (Å²) in [4.78, 5) is 58.6. The quantitative estimate of drug-likeness (QED) is 0.229. The van der Waals surface area contributed by atoms with E-state index in [1.54, 1.807) is 12.2 Å². The fourth-order valence-electron chi connectivity index (χ4n) is 6.30. The fourth-order valence-corrected chi connectivity index (χ4v) is 6.30. The maximum atomic E-state index is 12.5. The van der Waals surface area contributed by atoms with Gasteiger partial charge in [0, 0.05) is 11.3 Å². The minimum Gasteiger partial charge on any atom is -0.481 e. The molecule has 2 aliphatic carbocycles. The normalized spacial score (nSPS) is 30.8. The van der Waals surface area contributed by atoms with Crippen LogP contribution in [0.25, 0.3) is 0 Å². The van der Waals surface area contributed by atoms with Crippen LogP contribution in [0.4, 0.5) is 0 Å². The maximum Gasteiger partial charge on any atom is 0.338 e. The lowest BCUT2D eigenvalue weighted by Gasteiger charge is -2.59. The molecule has 10 nitrogen and oxygen atoms in total. The number of carboxylic acid groups (broad SMARTS) is 2. The predicted octanol–water partition coefficient (Wildman–Crippen LogP) is 3.60. The number of hydrogen-bond donors (Lipinski definition) is 2. The van der Waals surface area contributed by atoms with E-state index in [0.717, 1.165) is 5.57 Å². The van der Waals surface area contributed by atoms with Crippen molar-refractivity contribution in [3.05, 3.63) is 36.0 Å². The van der Waals surface area contributed by atoms with E-state index in [1.807, 2.05) is 13.0 Å². The minimum absolute atomic E-state index is 0.0804. The molecule has 0 aromatic rings. The molecule has 38 heavy (non-hydrogen) atoms. The highest BCUT2D eigenvalue weighted by Crippen LogP contribution is 2.62. The first-order valence-electron chi connectivity index (χ1n) is 12.9. The first-order valence-corrected chi connectivity index (χ1v) is 12.9. The number of fused-ring (bicyclic) bond motifs is 1. The average Bonchev–Trinajstić information content (AvgIpc) is 3.26. The molecule has 0 amide bonds. The monoisotopic (exact) mass is 532 g/mol. The summed E-state index contributed by atoms with van der Waals surface area (Å²) < 4.78 is 16.4. The summed E-state index contributed by atoms with van der Waals surface area (Å²) in [6.45, 7) is 8.49. The first kappa shape index (κ1) is 29.1. The van der Waals surface area contributed by atoms with E-state index in [0.29, 0.717) is 31.3 Å². The number of esters is 3. The Bertz CT molecular complexity index is 1060. The minimum atomic E-state index is -1.11. The van der Waals surface area contributed by atoms with Gasteiger partial charge in [-0.3, -0.25) is 19.2 Å². The molecule has 2 saturated carbocycles. The highest BCUT2D eigenvalue weighted by atomic mass is 16.6. The Morgan fingerprint density at radius 1 is 1.08 bits per heavy atom. The smallest absolute Gasteiger partial charge is 0.338 e. The average molecular weight is 533 g/mol. The Balaban J connectivity index is 1.88. The molecule has 3 aliphatic rings. The number of allylic oxidation sites excluding steroid dienone is 2. The molecule has 0 unspecified atom stereocenters. The van der Waals surface area contributed by atoms with Crippen LogP contribution in [0.1, 0.15) is 65.2 Å². The zero-order valence-corrected chi connectivity index (χ0v) is 21.9. The van der Waals surface area contributed by atoms with Gasteiger partial charge in [-0.15, -0.1) is 0 Å². The number of carbonyl (C=O) groups is 5. The molecule has 2 N–H and O–H groups in total. The van der Waals surface area contributed by atoms with Gasteiger partial charge in [-0.25, -0.2) is 4.79 Å². The number of cyclic esters (lactones) is 1. The molecule has 0 aromatic carbocycles. The van der Waals surface area contributed by atoms with Crippen molar-refractivity contribution in [2.45, 2.75) is 71.3 Å². The summed E-state index contributed by atoms with van der Waals surface area (Å²) >= 11 is 0. The van der Waals surface area contributed by atoms with Crippen LogP contribution in [0.5, 0.6) is 0 Å². The van der Waals surface area contributed by atoms with Gasteiger partial charge >= 0.3 is 29.8 Å². The van der Waals surface area contributed by atoms with E-state index in [1.165, 1.54) is 0 Å². The Morgan fingerprint density at radius 3 is 2.34 bits per heavy atom. The molecular formula is C28H36O10. The zero-order valence-electron chi connectivity index (χ0n) is 21.9. The Morgan fingerprint density at radius 2 is 1.74 bits per heavy atom. The maximum absolute atomic E-state index is 12.5. The van der Waals surface area contributed by atoms with Crippen LogP contribution in [-0.4, -0.2) is 59.4 Å². The first-order chi connectivity index (χ1) is 17.9. The van der Waals surface area contributed by atoms with Gasteiger partial charge in [-0.1, -0.05) is 38.2 Å². The van der Waals surface area contributed by atoms with E-state index in [4.69, 9.17) is 24.4 Å². The molecule has 0 spiro atoms. The molecule has 0 aromatic heterocycles. The number of aliphatic carboxylic acids is 2. The van der Waals surface area contributed by atoms with Crippen molar-refractivity contribution >= 4 is 29.8 Å². The molecular weight excluding hydrogens is 496 g/mol. The summed E-state index contributed by atoms with van der Waals surface area (Å²) in [5.74, 6) is -4.05. The highest BCUT2D eigenvalue weighted by molar-refractivity contribution is 5.93. The lowest BCUT2D eigenvalue weighted by molar-refractivity contribution is -0.192. The third-order valence-corrected chi connectivity index (χ3v) is 8.30. The van der Waals surface area contributed by atoms with Crippen LogP contribution < -0.4 is 0 Å². The van der Waals surface area contributed by atoms with Gasteiger partial charge < -0.3 is 24.4 Å². The van der Waals surface area contributed by atoms with Gasteiger partial charge in [0.25, 0.3) is 0 Å². The zero-order chi connectivity index (χ0) is 28.1. The molecule has 0 saturated heterocycles. The van der Waals surface area contributed by atoms with Gasteiger partial charge in [-0.2, -0.15) is 0 Å².